The van der Waals surface area contributed by atoms with Crippen LogP contribution < -0.4 is 10.1 Å². The van der Waals surface area contributed by atoms with E-state index in [0.29, 0.717) is 43.6 Å². The van der Waals surface area contributed by atoms with Gasteiger partial charge in [0.25, 0.3) is 5.91 Å². The number of hydrogen-bond donors (Lipinski definition) is 1. The van der Waals surface area contributed by atoms with E-state index in [1.165, 1.54) is 24.5 Å². The number of ether oxygens (including phenoxy) is 1. The standard InChI is InChI=1S/C27H15FN6O2S/c1-36-23-9-4-16(13-30)10-19(23)18-11-24(28)31-14-20(18)25(35)34-27-33-22-8-7-21(32-26(22)37-27)17-5-2-15(12-29)3-6-17/h2-11,14H,1H3,(H,33,34,35). The van der Waals surface area contributed by atoms with Gasteiger partial charge in [-0.1, -0.05) is 23.5 Å². The Morgan fingerprint density at radius 3 is 2.46 bits per heavy atom. The molecule has 0 bridgehead atoms. The molecule has 2 aromatic carbocycles. The van der Waals surface area contributed by atoms with Crippen LogP contribution in [0.15, 0.2) is 66.9 Å². The van der Waals surface area contributed by atoms with Crippen molar-refractivity contribution in [2.45, 2.75) is 0 Å². The Kier molecular flexibility index (Phi) is 6.25. The zero-order chi connectivity index (χ0) is 25.9. The van der Waals surface area contributed by atoms with Crippen LogP contribution in [0.2, 0.25) is 0 Å². The molecule has 8 nitrogen and oxygen atoms in total. The number of carbonyl (C=O) groups excluding carboxylic acids is 1. The van der Waals surface area contributed by atoms with Gasteiger partial charge in [-0.3, -0.25) is 10.1 Å². The summed E-state index contributed by atoms with van der Waals surface area (Å²) in [7, 11) is 1.45. The van der Waals surface area contributed by atoms with Crippen LogP contribution in [0.5, 0.6) is 5.75 Å². The van der Waals surface area contributed by atoms with E-state index >= 15 is 0 Å². The van der Waals surface area contributed by atoms with E-state index < -0.39 is 11.9 Å². The summed E-state index contributed by atoms with van der Waals surface area (Å²) < 4.78 is 19.5. The second-order valence-corrected chi connectivity index (χ2v) is 8.74. The number of benzene rings is 2. The van der Waals surface area contributed by atoms with E-state index in [9.17, 15) is 14.4 Å². The highest BCUT2D eigenvalue weighted by Gasteiger charge is 2.20. The number of fused-ring (bicyclic) bond motifs is 1. The third-order valence-electron chi connectivity index (χ3n) is 5.52. The summed E-state index contributed by atoms with van der Waals surface area (Å²) in [4.78, 5) is 26.6. The van der Waals surface area contributed by atoms with Crippen molar-refractivity contribution in [3.63, 3.8) is 0 Å². The smallest absolute Gasteiger partial charge is 0.259 e. The van der Waals surface area contributed by atoms with Gasteiger partial charge in [0.1, 0.15) is 16.1 Å². The van der Waals surface area contributed by atoms with Crippen LogP contribution in [0, 0.1) is 28.6 Å². The van der Waals surface area contributed by atoms with E-state index in [2.05, 4.69) is 26.3 Å². The van der Waals surface area contributed by atoms with Gasteiger partial charge < -0.3 is 4.74 Å². The number of rotatable bonds is 5. The first-order valence-electron chi connectivity index (χ1n) is 10.8. The van der Waals surface area contributed by atoms with Gasteiger partial charge in [0.2, 0.25) is 5.95 Å². The molecule has 0 aliphatic rings. The molecule has 178 valence electrons. The van der Waals surface area contributed by atoms with Crippen LogP contribution in [0.3, 0.4) is 0 Å². The quantitative estimate of drug-likeness (QED) is 0.309. The minimum Gasteiger partial charge on any atom is -0.496 e. The Bertz CT molecular complexity index is 1750. The molecule has 3 heterocycles. The summed E-state index contributed by atoms with van der Waals surface area (Å²) in [6.45, 7) is 0. The van der Waals surface area contributed by atoms with Crippen LogP contribution in [0.1, 0.15) is 21.5 Å². The zero-order valence-corrected chi connectivity index (χ0v) is 20.0. The van der Waals surface area contributed by atoms with E-state index in [4.69, 9.17) is 10.00 Å². The number of methoxy groups -OCH3 is 1. The maximum atomic E-state index is 14.1. The molecule has 5 aromatic rings. The first kappa shape index (κ1) is 23.5. The summed E-state index contributed by atoms with van der Waals surface area (Å²) in [6.07, 6.45) is 1.13. The van der Waals surface area contributed by atoms with Gasteiger partial charge in [-0.15, -0.1) is 0 Å². The minimum atomic E-state index is -0.782. The maximum absolute atomic E-state index is 14.1. The Balaban J connectivity index is 1.48. The van der Waals surface area contributed by atoms with Crippen LogP contribution in [-0.2, 0) is 0 Å². The molecular weight excluding hydrogens is 491 g/mol. The second kappa shape index (κ2) is 9.82. The van der Waals surface area contributed by atoms with Crippen molar-refractivity contribution in [2.75, 3.05) is 12.4 Å². The highest BCUT2D eigenvalue weighted by atomic mass is 32.1. The molecule has 0 aliphatic heterocycles. The molecule has 1 N–H and O–H groups in total. The lowest BCUT2D eigenvalue weighted by atomic mass is 9.98. The molecule has 3 aromatic heterocycles. The number of aromatic nitrogens is 3. The molecule has 0 saturated heterocycles. The van der Waals surface area contributed by atoms with E-state index in [1.54, 1.807) is 30.3 Å². The summed E-state index contributed by atoms with van der Waals surface area (Å²) in [5.74, 6) is -0.966. The predicted molar refractivity (Wildman–Crippen MR) is 136 cm³/mol. The number of amides is 1. The van der Waals surface area contributed by atoms with Crippen LogP contribution in [0.25, 0.3) is 32.7 Å². The fraction of sp³-hybridized carbons (Fsp3) is 0.0370. The van der Waals surface area contributed by atoms with Crippen molar-refractivity contribution in [3.8, 4) is 40.3 Å². The SMILES string of the molecule is COc1ccc(C#N)cc1-c1cc(F)ncc1C(=O)Nc1nc2ccc(-c3ccc(C#N)cc3)nc2s1. The maximum Gasteiger partial charge on any atom is 0.259 e. The number of thiazole rings is 1. The molecule has 0 unspecified atom stereocenters. The van der Waals surface area contributed by atoms with Gasteiger partial charge in [-0.25, -0.2) is 15.0 Å². The van der Waals surface area contributed by atoms with E-state index in [-0.39, 0.29) is 11.1 Å². The molecule has 1 amide bonds. The van der Waals surface area contributed by atoms with Gasteiger partial charge in [0, 0.05) is 29.0 Å². The second-order valence-electron chi connectivity index (χ2n) is 7.76. The van der Waals surface area contributed by atoms with Gasteiger partial charge in [0.05, 0.1) is 41.6 Å². The van der Waals surface area contributed by atoms with Gasteiger partial charge >= 0.3 is 0 Å². The molecular formula is C27H15FN6O2S. The first-order chi connectivity index (χ1) is 18.0. The molecule has 0 atom stereocenters. The lowest BCUT2D eigenvalue weighted by Crippen LogP contribution is -2.14. The summed E-state index contributed by atoms with van der Waals surface area (Å²) >= 11 is 1.19. The van der Waals surface area contributed by atoms with Gasteiger partial charge in [-0.05, 0) is 42.5 Å². The molecule has 0 saturated carbocycles. The Morgan fingerprint density at radius 2 is 1.73 bits per heavy atom. The van der Waals surface area contributed by atoms with Crippen LogP contribution >= 0.6 is 11.3 Å². The molecule has 5 rings (SSSR count). The number of anilines is 1. The summed E-state index contributed by atoms with van der Waals surface area (Å²) in [6, 6.07) is 20.6. The fourth-order valence-electron chi connectivity index (χ4n) is 3.73. The lowest BCUT2D eigenvalue weighted by molar-refractivity contribution is 0.102. The van der Waals surface area contributed by atoms with Gasteiger partial charge in [0.15, 0.2) is 5.13 Å². The topological polar surface area (TPSA) is 125 Å². The van der Waals surface area contributed by atoms with Crippen molar-refractivity contribution >= 4 is 32.7 Å². The predicted octanol–water partition coefficient (Wildman–Crippen LogP) is 5.56. The van der Waals surface area contributed by atoms with Crippen molar-refractivity contribution < 1.29 is 13.9 Å². The van der Waals surface area contributed by atoms with E-state index in [1.807, 2.05) is 24.3 Å². The largest absolute Gasteiger partial charge is 0.496 e. The van der Waals surface area contributed by atoms with Crippen LogP contribution in [-0.4, -0.2) is 28.0 Å². The number of nitrogens with zero attached hydrogens (tertiary/aromatic N) is 5. The van der Waals surface area contributed by atoms with Crippen molar-refractivity contribution in [1.82, 2.24) is 15.0 Å². The molecule has 0 aliphatic carbocycles. The average Bonchev–Trinajstić information content (AvgIpc) is 3.34. The normalized spacial score (nSPS) is 10.5. The lowest BCUT2D eigenvalue weighted by Gasteiger charge is -2.13. The van der Waals surface area contributed by atoms with Crippen molar-refractivity contribution in [2.24, 2.45) is 0 Å². The Hall–Kier alpha value is -5.19. The van der Waals surface area contributed by atoms with Crippen molar-refractivity contribution in [1.29, 1.82) is 10.5 Å². The number of pyridine rings is 2. The number of carbonyl (C=O) groups is 1. The molecule has 37 heavy (non-hydrogen) atoms. The number of nitrogens with one attached hydrogen (secondary N) is 1. The number of nitriles is 2. The van der Waals surface area contributed by atoms with Crippen LogP contribution in [0.4, 0.5) is 9.52 Å². The highest BCUT2D eigenvalue weighted by Crippen LogP contribution is 2.34. The Labute approximate surface area is 214 Å². The van der Waals surface area contributed by atoms with E-state index in [0.717, 1.165) is 17.8 Å². The molecule has 0 radical (unpaired) electrons. The third-order valence-corrected chi connectivity index (χ3v) is 6.40. The monoisotopic (exact) mass is 506 g/mol. The summed E-state index contributed by atoms with van der Waals surface area (Å²) in [5.41, 5.74) is 3.71. The number of hydrogen-bond acceptors (Lipinski definition) is 8. The highest BCUT2D eigenvalue weighted by molar-refractivity contribution is 7.22. The van der Waals surface area contributed by atoms with Crippen molar-refractivity contribution in [3.05, 3.63) is 89.5 Å². The average molecular weight is 507 g/mol. The Morgan fingerprint density at radius 1 is 0.973 bits per heavy atom. The third kappa shape index (κ3) is 4.69. The first-order valence-corrected chi connectivity index (χ1v) is 11.6. The molecule has 0 fully saturated rings. The minimum absolute atomic E-state index is 0.0836. The molecule has 10 heteroatoms. The molecule has 0 spiro atoms. The fourth-order valence-corrected chi connectivity index (χ4v) is 4.57. The number of halogens is 1. The van der Waals surface area contributed by atoms with Gasteiger partial charge in [-0.2, -0.15) is 14.9 Å². The summed E-state index contributed by atoms with van der Waals surface area (Å²) in [5, 5.41) is 21.3. The zero-order valence-electron chi connectivity index (χ0n) is 19.2.